The number of benzene rings is 3. The Morgan fingerprint density at radius 3 is 2.53 bits per heavy atom. The van der Waals surface area contributed by atoms with Crippen LogP contribution in [0.2, 0.25) is 0 Å². The van der Waals surface area contributed by atoms with Crippen molar-refractivity contribution in [3.05, 3.63) is 90.8 Å². The van der Waals surface area contributed by atoms with Gasteiger partial charge in [0.25, 0.3) is 5.91 Å². The van der Waals surface area contributed by atoms with E-state index in [4.69, 9.17) is 0 Å². The predicted molar refractivity (Wildman–Crippen MR) is 118 cm³/mol. The molecule has 5 aromatic rings. The molecule has 1 amide bonds. The van der Waals surface area contributed by atoms with Gasteiger partial charge in [0.1, 0.15) is 5.69 Å². The summed E-state index contributed by atoms with van der Waals surface area (Å²) in [5, 5.41) is 21.6. The van der Waals surface area contributed by atoms with Crippen LogP contribution in [-0.2, 0) is 0 Å². The van der Waals surface area contributed by atoms with E-state index in [1.807, 2.05) is 66.9 Å². The molecule has 7 heteroatoms. The van der Waals surface area contributed by atoms with Gasteiger partial charge >= 0.3 is 0 Å². The number of H-pyrrole nitrogens is 2. The van der Waals surface area contributed by atoms with E-state index >= 15 is 0 Å². The maximum Gasteiger partial charge on any atom is 0.255 e. The van der Waals surface area contributed by atoms with Crippen LogP contribution in [0.15, 0.2) is 85.2 Å². The van der Waals surface area contributed by atoms with Gasteiger partial charge in [0.15, 0.2) is 0 Å². The fourth-order valence-corrected chi connectivity index (χ4v) is 3.33. The molecule has 0 bridgehead atoms. The lowest BCUT2D eigenvalue weighted by molar-refractivity contribution is 0.102. The number of hydrogen-bond donors (Lipinski definition) is 4. The van der Waals surface area contributed by atoms with Crippen molar-refractivity contribution in [3.63, 3.8) is 0 Å². The maximum absolute atomic E-state index is 12.4. The van der Waals surface area contributed by atoms with Gasteiger partial charge in [-0.25, -0.2) is 0 Å². The number of anilines is 3. The van der Waals surface area contributed by atoms with Crippen LogP contribution in [-0.4, -0.2) is 26.3 Å². The van der Waals surface area contributed by atoms with Crippen molar-refractivity contribution in [2.24, 2.45) is 0 Å². The maximum atomic E-state index is 12.4. The van der Waals surface area contributed by atoms with Gasteiger partial charge in [-0.05, 0) is 48.5 Å². The predicted octanol–water partition coefficient (Wildman–Crippen LogP) is 4.95. The number of aromatic amines is 2. The Balaban J connectivity index is 1.35. The number of hydrogen-bond acceptors (Lipinski definition) is 4. The molecule has 0 aliphatic carbocycles. The number of nitrogens with one attached hydrogen (secondary N) is 4. The van der Waals surface area contributed by atoms with Crippen LogP contribution in [0.25, 0.3) is 22.2 Å². The van der Waals surface area contributed by atoms with E-state index in [1.165, 1.54) is 0 Å². The minimum atomic E-state index is -0.140. The monoisotopic (exact) mass is 394 g/mol. The zero-order chi connectivity index (χ0) is 20.3. The molecule has 0 saturated heterocycles. The summed E-state index contributed by atoms with van der Waals surface area (Å²) >= 11 is 0. The molecule has 0 atom stereocenters. The molecule has 2 heterocycles. The molecular weight excluding hydrogens is 376 g/mol. The minimum Gasteiger partial charge on any atom is -0.355 e. The quantitative estimate of drug-likeness (QED) is 0.339. The Kier molecular flexibility index (Phi) is 4.46. The van der Waals surface area contributed by atoms with Gasteiger partial charge in [0.05, 0.1) is 11.7 Å². The second-order valence-electron chi connectivity index (χ2n) is 6.85. The van der Waals surface area contributed by atoms with Crippen molar-refractivity contribution in [2.45, 2.75) is 0 Å². The van der Waals surface area contributed by atoms with Crippen molar-refractivity contribution in [2.75, 3.05) is 10.6 Å². The summed E-state index contributed by atoms with van der Waals surface area (Å²) in [6, 6.07) is 22.8. The molecule has 30 heavy (non-hydrogen) atoms. The number of aromatic nitrogens is 4. The van der Waals surface area contributed by atoms with Gasteiger partial charge < -0.3 is 10.6 Å². The Hall–Kier alpha value is -4.39. The topological polar surface area (TPSA) is 98.5 Å². The fraction of sp³-hybridized carbons (Fsp3) is 0. The van der Waals surface area contributed by atoms with Gasteiger partial charge in [-0.2, -0.15) is 10.2 Å². The lowest BCUT2D eigenvalue weighted by Gasteiger charge is -2.10. The van der Waals surface area contributed by atoms with Gasteiger partial charge in [0, 0.05) is 39.8 Å². The van der Waals surface area contributed by atoms with Crippen molar-refractivity contribution in [1.82, 2.24) is 20.4 Å². The number of nitrogens with zero attached hydrogens (tertiary/aromatic N) is 2. The molecule has 7 nitrogen and oxygen atoms in total. The van der Waals surface area contributed by atoms with Crippen molar-refractivity contribution < 1.29 is 4.79 Å². The van der Waals surface area contributed by atoms with Crippen LogP contribution in [0.3, 0.4) is 0 Å². The highest BCUT2D eigenvalue weighted by Crippen LogP contribution is 2.29. The second-order valence-corrected chi connectivity index (χ2v) is 6.85. The molecule has 0 aliphatic heterocycles. The molecule has 0 aliphatic rings. The highest BCUT2D eigenvalue weighted by molar-refractivity contribution is 6.04. The molecule has 146 valence electrons. The van der Waals surface area contributed by atoms with Crippen LogP contribution in [0.1, 0.15) is 10.4 Å². The van der Waals surface area contributed by atoms with Crippen LogP contribution in [0, 0.1) is 0 Å². The SMILES string of the molecule is O=C(Nc1cccc(Nc2ccc3c(-c4cn[nH]c4)n[nH]c3c2)c1)c1ccccc1. The Morgan fingerprint density at radius 2 is 1.70 bits per heavy atom. The largest absolute Gasteiger partial charge is 0.355 e. The number of carbonyl (C=O) groups excluding carboxylic acids is 1. The third-order valence-corrected chi connectivity index (χ3v) is 4.78. The smallest absolute Gasteiger partial charge is 0.255 e. The highest BCUT2D eigenvalue weighted by Gasteiger charge is 2.10. The highest BCUT2D eigenvalue weighted by atomic mass is 16.1. The van der Waals surface area contributed by atoms with Crippen LogP contribution in [0.5, 0.6) is 0 Å². The van der Waals surface area contributed by atoms with Crippen molar-refractivity contribution in [1.29, 1.82) is 0 Å². The van der Waals surface area contributed by atoms with E-state index in [2.05, 4.69) is 31.0 Å². The summed E-state index contributed by atoms with van der Waals surface area (Å²) in [6.07, 6.45) is 3.56. The first-order valence-electron chi connectivity index (χ1n) is 9.47. The molecule has 4 N–H and O–H groups in total. The molecule has 3 aromatic carbocycles. The molecule has 0 spiro atoms. The van der Waals surface area contributed by atoms with Crippen molar-refractivity contribution in [3.8, 4) is 11.3 Å². The Bertz CT molecular complexity index is 1310. The molecule has 0 unspecified atom stereocenters. The number of carbonyl (C=O) groups is 1. The third kappa shape index (κ3) is 3.51. The molecule has 0 fully saturated rings. The summed E-state index contributed by atoms with van der Waals surface area (Å²) in [7, 11) is 0. The zero-order valence-corrected chi connectivity index (χ0v) is 15.9. The van der Waals surface area contributed by atoms with E-state index in [0.717, 1.165) is 39.2 Å². The van der Waals surface area contributed by atoms with Gasteiger partial charge in [-0.3, -0.25) is 15.0 Å². The average molecular weight is 394 g/mol. The normalized spacial score (nSPS) is 10.8. The first-order chi connectivity index (χ1) is 14.8. The zero-order valence-electron chi connectivity index (χ0n) is 15.9. The minimum absolute atomic E-state index is 0.140. The standard InChI is InChI=1S/C23H18N6O/c30-23(15-5-2-1-3-6-15)27-18-8-4-7-17(11-18)26-19-9-10-20-21(12-19)28-29-22(20)16-13-24-25-14-16/h1-14,26H,(H,24,25)(H,27,30)(H,28,29). The molecular formula is C23H18N6O. The summed E-state index contributed by atoms with van der Waals surface area (Å²) < 4.78 is 0. The lowest BCUT2D eigenvalue weighted by atomic mass is 10.1. The number of rotatable bonds is 5. The second kappa shape index (κ2) is 7.56. The van der Waals surface area contributed by atoms with Crippen LogP contribution in [0.4, 0.5) is 17.1 Å². The third-order valence-electron chi connectivity index (χ3n) is 4.78. The fourth-order valence-electron chi connectivity index (χ4n) is 3.33. The first-order valence-corrected chi connectivity index (χ1v) is 9.47. The van der Waals surface area contributed by atoms with E-state index in [0.29, 0.717) is 5.56 Å². The van der Waals surface area contributed by atoms with Crippen LogP contribution < -0.4 is 10.6 Å². The molecule has 2 aromatic heterocycles. The number of amides is 1. The molecule has 5 rings (SSSR count). The Labute approximate surface area is 172 Å². The first kappa shape index (κ1) is 17.7. The summed E-state index contributed by atoms with van der Waals surface area (Å²) in [5.74, 6) is -0.140. The van der Waals surface area contributed by atoms with Gasteiger partial charge in [0.2, 0.25) is 0 Å². The Morgan fingerprint density at radius 1 is 0.867 bits per heavy atom. The molecule has 0 saturated carbocycles. The van der Waals surface area contributed by atoms with E-state index < -0.39 is 0 Å². The van der Waals surface area contributed by atoms with Crippen molar-refractivity contribution >= 4 is 33.9 Å². The van der Waals surface area contributed by atoms with E-state index in [9.17, 15) is 4.79 Å². The van der Waals surface area contributed by atoms with Crippen LogP contribution >= 0.6 is 0 Å². The number of fused-ring (bicyclic) bond motifs is 1. The summed E-state index contributed by atoms with van der Waals surface area (Å²) in [5.41, 5.74) is 5.84. The molecule has 0 radical (unpaired) electrons. The van der Waals surface area contributed by atoms with Gasteiger partial charge in [-0.15, -0.1) is 0 Å². The lowest BCUT2D eigenvalue weighted by Crippen LogP contribution is -2.11. The summed E-state index contributed by atoms with van der Waals surface area (Å²) in [4.78, 5) is 12.4. The summed E-state index contributed by atoms with van der Waals surface area (Å²) in [6.45, 7) is 0. The van der Waals surface area contributed by atoms with E-state index in [-0.39, 0.29) is 5.91 Å². The average Bonchev–Trinajstić information content (AvgIpc) is 3.44. The van der Waals surface area contributed by atoms with Gasteiger partial charge in [-0.1, -0.05) is 24.3 Å². The van der Waals surface area contributed by atoms with E-state index in [1.54, 1.807) is 18.3 Å².